The van der Waals surface area contributed by atoms with Crippen molar-refractivity contribution in [2.75, 3.05) is 20.2 Å². The summed E-state index contributed by atoms with van der Waals surface area (Å²) >= 11 is 1.14. The van der Waals surface area contributed by atoms with E-state index in [9.17, 15) is 8.78 Å². The molecule has 0 fully saturated rings. The molecule has 0 unspecified atom stereocenters. The Bertz CT molecular complexity index is 309. The van der Waals surface area contributed by atoms with Gasteiger partial charge in [0.05, 0.1) is 11.5 Å². The summed E-state index contributed by atoms with van der Waals surface area (Å²) in [5, 5.41) is 8.62. The van der Waals surface area contributed by atoms with Gasteiger partial charge in [-0.2, -0.15) is 0 Å². The molecule has 1 rings (SSSR count). The van der Waals surface area contributed by atoms with E-state index in [1.807, 2.05) is 0 Å². The number of hydrogen-bond donors (Lipinski definition) is 1. The van der Waals surface area contributed by atoms with Crippen molar-refractivity contribution in [2.24, 2.45) is 0 Å². The summed E-state index contributed by atoms with van der Waals surface area (Å²) in [6, 6.07) is 3.43. The molecule has 1 aromatic rings. The predicted octanol–water partition coefficient (Wildman–Crippen LogP) is 1.90. The number of halogens is 2. The van der Waals surface area contributed by atoms with Crippen LogP contribution < -0.4 is 0 Å². The fraction of sp³-hybridized carbons (Fsp3) is 0.333. The van der Waals surface area contributed by atoms with Crippen LogP contribution in [0.5, 0.6) is 0 Å². The van der Waals surface area contributed by atoms with Gasteiger partial charge in [-0.25, -0.2) is 13.1 Å². The van der Waals surface area contributed by atoms with Gasteiger partial charge >= 0.3 is 0 Å². The highest BCUT2D eigenvalue weighted by Crippen LogP contribution is 2.24. The van der Waals surface area contributed by atoms with Crippen molar-refractivity contribution in [3.63, 3.8) is 0 Å². The molecule has 1 N–H and O–H groups in total. The van der Waals surface area contributed by atoms with Crippen LogP contribution in [0.1, 0.15) is 0 Å². The Morgan fingerprint density at radius 3 is 2.71 bits per heavy atom. The van der Waals surface area contributed by atoms with Crippen LogP contribution in [-0.2, 0) is 0 Å². The van der Waals surface area contributed by atoms with E-state index in [1.165, 1.54) is 12.1 Å². The summed E-state index contributed by atoms with van der Waals surface area (Å²) in [6.45, 7) is 0.438. The lowest BCUT2D eigenvalue weighted by Crippen LogP contribution is -2.14. The first-order valence-corrected chi connectivity index (χ1v) is 4.86. The van der Waals surface area contributed by atoms with Gasteiger partial charge in [-0.15, -0.1) is 0 Å². The summed E-state index contributed by atoms with van der Waals surface area (Å²) in [4.78, 5) is 0.349. The third kappa shape index (κ3) is 3.25. The molecule has 0 bridgehead atoms. The number of likely N-dealkylation sites (N-methyl/N-ethyl adjacent to an activating group) is 1. The minimum atomic E-state index is -0.586. The quantitative estimate of drug-likeness (QED) is 0.782. The Morgan fingerprint density at radius 2 is 2.14 bits per heavy atom. The molecular weight excluding hydrogens is 208 g/mol. The van der Waals surface area contributed by atoms with Crippen LogP contribution in [0.15, 0.2) is 23.1 Å². The molecule has 0 aliphatic carbocycles. The highest BCUT2D eigenvalue weighted by molar-refractivity contribution is 7.97. The van der Waals surface area contributed by atoms with Gasteiger partial charge in [-0.05, 0) is 31.1 Å². The zero-order valence-corrected chi connectivity index (χ0v) is 8.52. The van der Waals surface area contributed by atoms with Crippen molar-refractivity contribution in [1.29, 1.82) is 0 Å². The van der Waals surface area contributed by atoms with Crippen molar-refractivity contribution in [1.82, 2.24) is 4.31 Å². The first-order valence-electron chi connectivity index (χ1n) is 4.08. The van der Waals surface area contributed by atoms with Crippen molar-refractivity contribution in [2.45, 2.75) is 4.90 Å². The average Bonchev–Trinajstić information content (AvgIpc) is 2.10. The molecule has 0 aliphatic rings. The number of hydrogen-bond acceptors (Lipinski definition) is 3. The number of rotatable bonds is 4. The lowest BCUT2D eigenvalue weighted by atomic mass is 10.3. The van der Waals surface area contributed by atoms with E-state index < -0.39 is 11.6 Å². The van der Waals surface area contributed by atoms with Crippen LogP contribution >= 0.6 is 11.9 Å². The van der Waals surface area contributed by atoms with E-state index in [0.29, 0.717) is 11.4 Å². The highest BCUT2D eigenvalue weighted by Gasteiger charge is 2.07. The van der Waals surface area contributed by atoms with Crippen molar-refractivity contribution < 1.29 is 13.9 Å². The van der Waals surface area contributed by atoms with Gasteiger partial charge in [0.1, 0.15) is 11.6 Å². The van der Waals surface area contributed by atoms with E-state index in [4.69, 9.17) is 5.11 Å². The van der Waals surface area contributed by atoms with Gasteiger partial charge in [0, 0.05) is 12.6 Å². The van der Waals surface area contributed by atoms with Crippen LogP contribution in [0.2, 0.25) is 0 Å². The maximum atomic E-state index is 13.1. The largest absolute Gasteiger partial charge is 0.395 e. The molecule has 0 aromatic heterocycles. The van der Waals surface area contributed by atoms with E-state index in [2.05, 4.69) is 0 Å². The van der Waals surface area contributed by atoms with E-state index in [1.54, 1.807) is 11.4 Å². The molecule has 14 heavy (non-hydrogen) atoms. The van der Waals surface area contributed by atoms with Gasteiger partial charge in [-0.1, -0.05) is 0 Å². The lowest BCUT2D eigenvalue weighted by Gasteiger charge is -2.13. The van der Waals surface area contributed by atoms with Crippen molar-refractivity contribution >= 4 is 11.9 Å². The molecule has 0 atom stereocenters. The van der Waals surface area contributed by atoms with Crippen LogP contribution in [0.4, 0.5) is 8.78 Å². The fourth-order valence-electron chi connectivity index (χ4n) is 0.904. The molecule has 5 heteroatoms. The van der Waals surface area contributed by atoms with E-state index in [0.717, 1.165) is 18.0 Å². The summed E-state index contributed by atoms with van der Waals surface area (Å²) < 4.78 is 27.3. The Balaban J connectivity index is 2.67. The standard InChI is InChI=1S/C9H11F2NOS/c1-12(4-5-13)14-9-3-2-7(10)6-8(9)11/h2-3,6,13H,4-5H2,1H3. The zero-order valence-electron chi connectivity index (χ0n) is 7.70. The smallest absolute Gasteiger partial charge is 0.140 e. The normalized spacial score (nSPS) is 10.9. The van der Waals surface area contributed by atoms with E-state index >= 15 is 0 Å². The maximum Gasteiger partial charge on any atom is 0.140 e. The number of nitrogens with zero attached hydrogens (tertiary/aromatic N) is 1. The number of aliphatic hydroxyl groups is 1. The Morgan fingerprint density at radius 1 is 1.43 bits per heavy atom. The van der Waals surface area contributed by atoms with Gasteiger partial charge in [0.15, 0.2) is 0 Å². The molecule has 0 aliphatic heterocycles. The van der Waals surface area contributed by atoms with Crippen LogP contribution in [0, 0.1) is 11.6 Å². The Labute approximate surface area is 85.7 Å². The average molecular weight is 219 g/mol. The molecular formula is C9H11F2NOS. The topological polar surface area (TPSA) is 23.5 Å². The third-order valence-corrected chi connectivity index (χ3v) is 2.59. The molecule has 0 heterocycles. The Hall–Kier alpha value is -0.650. The summed E-state index contributed by atoms with van der Waals surface area (Å²) in [7, 11) is 1.73. The SMILES string of the molecule is CN(CCO)Sc1ccc(F)cc1F. The first-order chi connectivity index (χ1) is 6.63. The number of benzene rings is 1. The molecule has 0 saturated carbocycles. The van der Waals surface area contributed by atoms with Gasteiger partial charge in [-0.3, -0.25) is 0 Å². The number of aliphatic hydroxyl groups excluding tert-OH is 1. The van der Waals surface area contributed by atoms with Gasteiger partial charge < -0.3 is 5.11 Å². The van der Waals surface area contributed by atoms with Gasteiger partial charge in [0.2, 0.25) is 0 Å². The minimum absolute atomic E-state index is 0.00626. The zero-order chi connectivity index (χ0) is 10.6. The third-order valence-electron chi connectivity index (χ3n) is 1.56. The van der Waals surface area contributed by atoms with E-state index in [-0.39, 0.29) is 6.61 Å². The Kier molecular flexibility index (Phi) is 4.31. The predicted molar refractivity (Wildman–Crippen MR) is 51.9 cm³/mol. The molecule has 0 saturated heterocycles. The van der Waals surface area contributed by atoms with Gasteiger partial charge in [0.25, 0.3) is 0 Å². The van der Waals surface area contributed by atoms with Crippen molar-refractivity contribution in [3.05, 3.63) is 29.8 Å². The first kappa shape index (κ1) is 11.4. The monoisotopic (exact) mass is 219 g/mol. The molecule has 78 valence electrons. The maximum absolute atomic E-state index is 13.1. The second-order valence-corrected chi connectivity index (χ2v) is 3.99. The molecule has 2 nitrogen and oxygen atoms in total. The molecule has 1 aromatic carbocycles. The summed E-state index contributed by atoms with van der Waals surface area (Å²) in [5.74, 6) is -1.17. The second-order valence-electron chi connectivity index (χ2n) is 2.74. The van der Waals surface area contributed by atoms with Crippen LogP contribution in [-0.4, -0.2) is 29.6 Å². The second kappa shape index (κ2) is 5.29. The molecule has 0 radical (unpaired) electrons. The molecule has 0 spiro atoms. The highest BCUT2D eigenvalue weighted by atomic mass is 32.2. The molecule has 0 amide bonds. The fourth-order valence-corrected chi connectivity index (χ4v) is 1.69. The summed E-state index contributed by atoms with van der Waals surface area (Å²) in [6.07, 6.45) is 0. The van der Waals surface area contributed by atoms with Crippen LogP contribution in [0.25, 0.3) is 0 Å². The minimum Gasteiger partial charge on any atom is -0.395 e. The summed E-state index contributed by atoms with van der Waals surface area (Å²) in [5.41, 5.74) is 0. The van der Waals surface area contributed by atoms with Crippen molar-refractivity contribution in [3.8, 4) is 0 Å². The lowest BCUT2D eigenvalue weighted by molar-refractivity contribution is 0.273. The van der Waals surface area contributed by atoms with Crippen LogP contribution in [0.3, 0.4) is 0 Å².